The Hall–Kier alpha value is -0.750. The summed E-state index contributed by atoms with van der Waals surface area (Å²) in [5.74, 6) is 0.533. The monoisotopic (exact) mass is 337 g/mol. The van der Waals surface area contributed by atoms with Crippen molar-refractivity contribution in [2.45, 2.75) is 38.7 Å². The molecular weight excluding hydrogens is 323 g/mol. The second kappa shape index (κ2) is 5.71. The number of rotatable bonds is 5. The number of ether oxygens (including phenoxy) is 1. The van der Waals surface area contributed by atoms with E-state index < -0.39 is 6.36 Å². The van der Waals surface area contributed by atoms with Crippen LogP contribution >= 0.6 is 15.9 Å². The second-order valence-electron chi connectivity index (χ2n) is 4.70. The van der Waals surface area contributed by atoms with Gasteiger partial charge in [-0.1, -0.05) is 19.4 Å². The van der Waals surface area contributed by atoms with Gasteiger partial charge in [-0.3, -0.25) is 0 Å². The Labute approximate surface area is 118 Å². The summed E-state index contributed by atoms with van der Waals surface area (Å²) < 4.78 is 40.5. The number of halogens is 4. The fourth-order valence-corrected chi connectivity index (χ4v) is 2.57. The van der Waals surface area contributed by atoms with E-state index in [0.29, 0.717) is 17.1 Å². The molecule has 1 aliphatic carbocycles. The number of hydrogen-bond donors (Lipinski definition) is 1. The molecular formula is C13H15BrF3NO. The van der Waals surface area contributed by atoms with Gasteiger partial charge in [0.15, 0.2) is 0 Å². The molecule has 1 aromatic rings. The third-order valence-corrected chi connectivity index (χ3v) is 3.86. The molecule has 1 aliphatic rings. The normalized spacial score (nSPS) is 22.4. The van der Waals surface area contributed by atoms with E-state index in [1.165, 1.54) is 18.9 Å². The highest BCUT2D eigenvalue weighted by atomic mass is 79.9. The molecule has 0 heterocycles. The molecule has 1 aromatic carbocycles. The van der Waals surface area contributed by atoms with Gasteiger partial charge >= 0.3 is 6.36 Å². The minimum absolute atomic E-state index is 0.214. The first-order chi connectivity index (χ1) is 8.89. The molecule has 0 radical (unpaired) electrons. The van der Waals surface area contributed by atoms with Crippen molar-refractivity contribution in [3.8, 4) is 5.75 Å². The van der Waals surface area contributed by atoms with Crippen LogP contribution in [0.4, 0.5) is 13.2 Å². The van der Waals surface area contributed by atoms with E-state index in [9.17, 15) is 13.2 Å². The summed E-state index contributed by atoms with van der Waals surface area (Å²) in [5.41, 5.74) is 0.933. The lowest BCUT2D eigenvalue weighted by atomic mass is 10.2. The Morgan fingerprint density at radius 3 is 2.68 bits per heavy atom. The zero-order valence-electron chi connectivity index (χ0n) is 10.4. The van der Waals surface area contributed by atoms with E-state index in [1.807, 2.05) is 0 Å². The first-order valence-electron chi connectivity index (χ1n) is 6.16. The van der Waals surface area contributed by atoms with Crippen LogP contribution in [0, 0.1) is 5.92 Å². The van der Waals surface area contributed by atoms with Crippen LogP contribution in [-0.2, 0) is 6.54 Å². The molecule has 0 spiro atoms. The summed E-state index contributed by atoms with van der Waals surface area (Å²) in [6.07, 6.45) is -2.31. The Morgan fingerprint density at radius 2 is 2.16 bits per heavy atom. The van der Waals surface area contributed by atoms with Crippen molar-refractivity contribution >= 4 is 15.9 Å². The predicted molar refractivity (Wildman–Crippen MR) is 69.9 cm³/mol. The summed E-state index contributed by atoms with van der Waals surface area (Å²) in [4.78, 5) is 0. The molecule has 2 rings (SSSR count). The van der Waals surface area contributed by atoms with E-state index in [4.69, 9.17) is 0 Å². The molecule has 0 saturated heterocycles. The van der Waals surface area contributed by atoms with E-state index in [-0.39, 0.29) is 5.75 Å². The Bertz CT molecular complexity index is 450. The molecule has 6 heteroatoms. The molecule has 0 bridgehead atoms. The number of benzene rings is 1. The largest absolute Gasteiger partial charge is 0.573 e. The van der Waals surface area contributed by atoms with E-state index in [0.717, 1.165) is 11.5 Å². The van der Waals surface area contributed by atoms with Gasteiger partial charge in [-0.2, -0.15) is 0 Å². The van der Waals surface area contributed by atoms with Gasteiger partial charge in [0.05, 0.1) is 4.47 Å². The Balaban J connectivity index is 1.91. The van der Waals surface area contributed by atoms with Gasteiger partial charge in [0.2, 0.25) is 0 Å². The highest BCUT2D eigenvalue weighted by Crippen LogP contribution is 2.34. The molecule has 2 atom stereocenters. The van der Waals surface area contributed by atoms with E-state index >= 15 is 0 Å². The lowest BCUT2D eigenvalue weighted by molar-refractivity contribution is -0.274. The summed E-state index contributed by atoms with van der Waals surface area (Å²) in [5, 5.41) is 3.38. The lowest BCUT2D eigenvalue weighted by Crippen LogP contribution is -2.18. The van der Waals surface area contributed by atoms with Crippen LogP contribution in [0.3, 0.4) is 0 Å². The van der Waals surface area contributed by atoms with Gasteiger partial charge in [-0.15, -0.1) is 13.2 Å². The van der Waals surface area contributed by atoms with Gasteiger partial charge in [-0.05, 0) is 46.0 Å². The molecule has 1 N–H and O–H groups in total. The third-order valence-electron chi connectivity index (χ3n) is 3.24. The third kappa shape index (κ3) is 4.38. The van der Waals surface area contributed by atoms with Crippen LogP contribution in [0.2, 0.25) is 0 Å². The standard InChI is InChI=1S/C13H15BrF3NO/c1-2-9-6-11(9)18-7-8-3-4-12(10(14)5-8)19-13(15,16)17/h3-5,9,11,18H,2,6-7H2,1H3. The first kappa shape index (κ1) is 14.7. The number of hydrogen-bond acceptors (Lipinski definition) is 2. The highest BCUT2D eigenvalue weighted by molar-refractivity contribution is 9.10. The van der Waals surface area contributed by atoms with Crippen molar-refractivity contribution in [1.82, 2.24) is 5.32 Å². The number of nitrogens with one attached hydrogen (secondary N) is 1. The van der Waals surface area contributed by atoms with Crippen molar-refractivity contribution in [3.05, 3.63) is 28.2 Å². The average Bonchev–Trinajstić information content (AvgIpc) is 3.07. The van der Waals surface area contributed by atoms with Crippen molar-refractivity contribution < 1.29 is 17.9 Å². The first-order valence-corrected chi connectivity index (χ1v) is 6.96. The fraction of sp³-hybridized carbons (Fsp3) is 0.538. The summed E-state index contributed by atoms with van der Waals surface area (Å²) in [6, 6.07) is 5.17. The van der Waals surface area contributed by atoms with Gasteiger partial charge in [-0.25, -0.2) is 0 Å². The van der Waals surface area contributed by atoms with Crippen LogP contribution in [0.25, 0.3) is 0 Å². The Kier molecular flexibility index (Phi) is 4.40. The summed E-state index contributed by atoms with van der Waals surface area (Å²) >= 11 is 3.10. The molecule has 0 amide bonds. The predicted octanol–water partition coefficient (Wildman–Crippen LogP) is 4.24. The average molecular weight is 338 g/mol. The van der Waals surface area contributed by atoms with Crippen LogP contribution in [-0.4, -0.2) is 12.4 Å². The van der Waals surface area contributed by atoms with Crippen molar-refractivity contribution in [1.29, 1.82) is 0 Å². The molecule has 2 unspecified atom stereocenters. The van der Waals surface area contributed by atoms with Crippen LogP contribution in [0.5, 0.6) is 5.75 Å². The van der Waals surface area contributed by atoms with Gasteiger partial charge in [0.1, 0.15) is 5.75 Å². The van der Waals surface area contributed by atoms with Crippen LogP contribution in [0.1, 0.15) is 25.3 Å². The fourth-order valence-electron chi connectivity index (χ4n) is 2.06. The van der Waals surface area contributed by atoms with Crippen molar-refractivity contribution in [2.24, 2.45) is 5.92 Å². The quantitative estimate of drug-likeness (QED) is 0.867. The van der Waals surface area contributed by atoms with Crippen LogP contribution in [0.15, 0.2) is 22.7 Å². The highest BCUT2D eigenvalue weighted by Gasteiger charge is 2.34. The maximum atomic E-state index is 12.1. The minimum Gasteiger partial charge on any atom is -0.405 e. The lowest BCUT2D eigenvalue weighted by Gasteiger charge is -2.12. The molecule has 0 aliphatic heterocycles. The van der Waals surface area contributed by atoms with E-state index in [2.05, 4.69) is 32.9 Å². The molecule has 1 fully saturated rings. The van der Waals surface area contributed by atoms with Crippen molar-refractivity contribution in [2.75, 3.05) is 0 Å². The van der Waals surface area contributed by atoms with Gasteiger partial charge in [0, 0.05) is 12.6 Å². The summed E-state index contributed by atoms with van der Waals surface area (Å²) in [6.45, 7) is 2.82. The zero-order chi connectivity index (χ0) is 14.0. The second-order valence-corrected chi connectivity index (χ2v) is 5.56. The molecule has 1 saturated carbocycles. The molecule has 19 heavy (non-hydrogen) atoms. The minimum atomic E-state index is -4.66. The smallest absolute Gasteiger partial charge is 0.405 e. The molecule has 2 nitrogen and oxygen atoms in total. The van der Waals surface area contributed by atoms with Crippen LogP contribution < -0.4 is 10.1 Å². The maximum absolute atomic E-state index is 12.1. The summed E-state index contributed by atoms with van der Waals surface area (Å²) in [7, 11) is 0. The number of alkyl halides is 3. The Morgan fingerprint density at radius 1 is 1.42 bits per heavy atom. The van der Waals surface area contributed by atoms with E-state index in [1.54, 1.807) is 12.1 Å². The van der Waals surface area contributed by atoms with Gasteiger partial charge in [0.25, 0.3) is 0 Å². The topological polar surface area (TPSA) is 21.3 Å². The van der Waals surface area contributed by atoms with Gasteiger partial charge < -0.3 is 10.1 Å². The molecule has 0 aromatic heterocycles. The SMILES string of the molecule is CCC1CC1NCc1ccc(OC(F)(F)F)c(Br)c1. The van der Waals surface area contributed by atoms with Crippen molar-refractivity contribution in [3.63, 3.8) is 0 Å². The molecule has 106 valence electrons. The zero-order valence-corrected chi connectivity index (χ0v) is 12.0. The maximum Gasteiger partial charge on any atom is 0.573 e.